The van der Waals surface area contributed by atoms with Gasteiger partial charge in [-0.25, -0.2) is 0 Å². The van der Waals surface area contributed by atoms with E-state index in [1.165, 1.54) is 0 Å². The first-order valence-electron chi connectivity index (χ1n) is 0.957. The number of hydrogen-bond donors (Lipinski definition) is 0. The van der Waals surface area contributed by atoms with Gasteiger partial charge in [0.1, 0.15) is 0 Å². The molecule has 0 aliphatic rings. The topological polar surface area (TPSA) is 0 Å². The second-order valence-electron chi connectivity index (χ2n) is 0.354. The van der Waals surface area contributed by atoms with Gasteiger partial charge in [0, 0.05) is 47.8 Å². The fourth-order valence-electron chi connectivity index (χ4n) is 0. The maximum atomic E-state index is 3.18. The van der Waals surface area contributed by atoms with Gasteiger partial charge in [-0.2, -0.15) is 0 Å². The molecule has 0 amide bonds. The molecule has 0 rings (SSSR count). The van der Waals surface area contributed by atoms with Gasteiger partial charge in [-0.1, -0.05) is 56.0 Å². The Hall–Kier alpha value is 0.897. The van der Waals surface area contributed by atoms with Gasteiger partial charge in [0.2, 0.25) is 0 Å². The van der Waals surface area contributed by atoms with Gasteiger partial charge < -0.3 is 0 Å². The van der Waals surface area contributed by atoms with Crippen LogP contribution in [0, 0.1) is 0 Å². The van der Waals surface area contributed by atoms with Crippen molar-refractivity contribution in [2.24, 2.45) is 0 Å². The van der Waals surface area contributed by atoms with E-state index in [-0.39, 0.29) is 92.4 Å². The Balaban J connectivity index is -0.00000000161. The summed E-state index contributed by atoms with van der Waals surface area (Å²) >= 11 is 0. The van der Waals surface area contributed by atoms with E-state index in [4.69, 9.17) is 0 Å². The van der Waals surface area contributed by atoms with Crippen LogP contribution in [0.25, 0.3) is 0 Å². The summed E-state index contributed by atoms with van der Waals surface area (Å²) in [5.41, 5.74) is 4.64. The van der Waals surface area contributed by atoms with Gasteiger partial charge >= 0.3 is 0 Å². The summed E-state index contributed by atoms with van der Waals surface area (Å²) in [5.74, 6) is 0. The molecule has 0 aromatic rings. The Labute approximate surface area is 116 Å². The second-order valence-corrected chi connectivity index (χ2v) is 0.354. The predicted octanol–water partition coefficient (Wildman–Crippen LogP) is 4.17. The van der Waals surface area contributed by atoms with E-state index in [0.29, 0.717) is 0 Å². The Morgan fingerprint density at radius 2 is 0.583 bits per heavy atom. The summed E-state index contributed by atoms with van der Waals surface area (Å²) in [6, 6.07) is 0. The Morgan fingerprint density at radius 3 is 0.583 bits per heavy atom. The molecule has 0 bridgehead atoms. The van der Waals surface area contributed by atoms with Crippen molar-refractivity contribution in [3.63, 3.8) is 0 Å². The van der Waals surface area contributed by atoms with E-state index in [1.807, 2.05) is 0 Å². The summed E-state index contributed by atoms with van der Waals surface area (Å²) in [5, 5.41) is 0. The van der Waals surface area contributed by atoms with Crippen molar-refractivity contribution in [1.29, 1.82) is 0 Å². The molecule has 0 saturated carbocycles. The Morgan fingerprint density at radius 1 is 0.500 bits per heavy atom. The van der Waals surface area contributed by atoms with E-state index < -0.39 is 0 Å². The van der Waals surface area contributed by atoms with Crippen LogP contribution < -0.4 is 0 Å². The van der Waals surface area contributed by atoms with Gasteiger partial charge in [-0.05, 0) is 13.2 Å². The van der Waals surface area contributed by atoms with E-state index >= 15 is 0 Å². The van der Waals surface area contributed by atoms with E-state index in [9.17, 15) is 0 Å². The van der Waals surface area contributed by atoms with Crippen LogP contribution in [0.1, 0.15) is 44.6 Å². The molecule has 0 N–H and O–H groups in total. The largest absolute Gasteiger partial charge is 0.0788 e. The quantitative estimate of drug-likeness (QED) is 0.434. The number of rotatable bonds is 0. The zero-order chi connectivity index (χ0) is 3.41. The summed E-state index contributed by atoms with van der Waals surface area (Å²) in [6.07, 6.45) is 0. The minimum absolute atomic E-state index is 0. The molecule has 0 saturated heterocycles. The molecule has 0 aliphatic carbocycles. The summed E-state index contributed by atoms with van der Waals surface area (Å²) < 4.78 is 0. The first-order valence-corrected chi connectivity index (χ1v) is 0.957. The molecule has 0 heterocycles. The fraction of sp³-hybridized carbons (Fsp3) is 0.600. The zero-order valence-corrected chi connectivity index (χ0v) is 9.12. The van der Waals surface area contributed by atoms with Gasteiger partial charge in [-0.15, -0.1) is 0 Å². The molecule has 76 valence electrons. The van der Waals surface area contributed by atoms with E-state index in [2.05, 4.69) is 24.6 Å². The van der Waals surface area contributed by atoms with E-state index in [0.717, 1.165) is 0 Å². The van der Waals surface area contributed by atoms with Crippen molar-refractivity contribution in [2.45, 2.75) is 44.6 Å². The summed E-state index contributed by atoms with van der Waals surface area (Å²) in [6.45, 7) is 6.36. The van der Waals surface area contributed by atoms with Crippen LogP contribution in [0.5, 0.6) is 0 Å². The molecule has 0 nitrogen and oxygen atoms in total. The van der Waals surface area contributed by atoms with Crippen molar-refractivity contribution in [1.82, 2.24) is 0 Å². The molecule has 0 spiro atoms. The van der Waals surface area contributed by atoms with Crippen molar-refractivity contribution in [3.8, 4) is 0 Å². The van der Waals surface area contributed by atoms with Gasteiger partial charge in [0.05, 0.1) is 0 Å². The molecular weight excluding hydrogens is 358 g/mol. The summed E-state index contributed by atoms with van der Waals surface area (Å²) in [7, 11) is 0. The van der Waals surface area contributed by atoms with Crippen LogP contribution in [0.15, 0.2) is 24.6 Å². The van der Waals surface area contributed by atoms with Crippen molar-refractivity contribution >= 4 is 47.8 Å². The fourth-order valence-corrected chi connectivity index (χ4v) is 0. The maximum absolute atomic E-state index is 3.18. The molecule has 0 unspecified atom stereocenters. The SMILES string of the molecule is C.C.C.C.C.C.C=C=C=C.[Sn].[Sn]. The van der Waals surface area contributed by atoms with E-state index in [1.54, 1.807) is 0 Å². The van der Waals surface area contributed by atoms with Gasteiger partial charge in [0.15, 0.2) is 0 Å². The molecule has 2 heteroatoms. The van der Waals surface area contributed by atoms with Crippen LogP contribution in [0.2, 0.25) is 0 Å². The smallest absolute Gasteiger partial charge is 0 e. The first kappa shape index (κ1) is 120. The minimum atomic E-state index is 0. The number of hydrogen-bond acceptors (Lipinski definition) is 0. The second kappa shape index (κ2) is 168. The maximum Gasteiger partial charge on any atom is 0 e. The van der Waals surface area contributed by atoms with Crippen molar-refractivity contribution in [2.75, 3.05) is 0 Å². The minimum Gasteiger partial charge on any atom is -0.0788 e. The summed E-state index contributed by atoms with van der Waals surface area (Å²) in [4.78, 5) is 0. The molecule has 0 aromatic carbocycles. The van der Waals surface area contributed by atoms with Crippen LogP contribution in [-0.2, 0) is 0 Å². The normalized spacial score (nSPS) is 1.00. The van der Waals surface area contributed by atoms with Crippen molar-refractivity contribution in [3.05, 3.63) is 24.6 Å². The third kappa shape index (κ3) is 297. The molecule has 8 radical (unpaired) electrons. The van der Waals surface area contributed by atoms with Crippen LogP contribution >= 0.6 is 0 Å². The average molecular weight is 386 g/mol. The van der Waals surface area contributed by atoms with Crippen LogP contribution in [-0.4, -0.2) is 47.8 Å². The van der Waals surface area contributed by atoms with Crippen LogP contribution in [0.3, 0.4) is 0 Å². The average Bonchev–Trinajstić information content (AvgIpc) is 1.37. The standard InChI is InChI=1S/C4H4.6CH4.2Sn/c1-3-4-2;;;;;;;;/h1-2H2;6*1H4;;. The Bertz CT molecular complexity index is 57.9. The molecule has 0 aromatic heterocycles. The third-order valence-corrected chi connectivity index (χ3v) is 0.125. The molecule has 12 heavy (non-hydrogen) atoms. The van der Waals surface area contributed by atoms with Gasteiger partial charge in [0.25, 0.3) is 0 Å². The zero-order valence-electron chi connectivity index (χ0n) is 3.41. The molecule has 0 fully saturated rings. The molecular formula is C10H28Sn2. The predicted molar refractivity (Wildman–Crippen MR) is 70.2 cm³/mol. The van der Waals surface area contributed by atoms with Crippen molar-refractivity contribution < 1.29 is 0 Å². The van der Waals surface area contributed by atoms with Gasteiger partial charge in [-0.3, -0.25) is 0 Å². The Kier molecular flexibility index (Phi) is 1690. The van der Waals surface area contributed by atoms with Crippen LogP contribution in [0.4, 0.5) is 0 Å². The first-order chi connectivity index (χ1) is 1.91. The molecule has 0 atom stereocenters. The third-order valence-electron chi connectivity index (χ3n) is 0.125. The monoisotopic (exact) mass is 388 g/mol. The molecule has 0 aliphatic heterocycles.